The molecule has 0 unspecified atom stereocenters. The minimum Gasteiger partial charge on any atom is -0.497 e. The molecule has 0 bridgehead atoms. The van der Waals surface area contributed by atoms with Crippen LogP contribution in [0.5, 0.6) is 5.75 Å². The van der Waals surface area contributed by atoms with E-state index in [1.807, 2.05) is 18.2 Å². The maximum Gasteiger partial charge on any atom is 0.337 e. The highest BCUT2D eigenvalue weighted by Crippen LogP contribution is 2.29. The van der Waals surface area contributed by atoms with Gasteiger partial charge in [-0.25, -0.2) is 4.79 Å². The lowest BCUT2D eigenvalue weighted by atomic mass is 10.1. The van der Waals surface area contributed by atoms with Gasteiger partial charge >= 0.3 is 5.97 Å². The molecule has 0 spiro atoms. The van der Waals surface area contributed by atoms with Gasteiger partial charge in [-0.2, -0.15) is 0 Å². The van der Waals surface area contributed by atoms with Crippen molar-refractivity contribution in [2.75, 3.05) is 25.3 Å². The van der Waals surface area contributed by atoms with Gasteiger partial charge in [0.25, 0.3) is 0 Å². The molecule has 0 aliphatic rings. The fourth-order valence-electron chi connectivity index (χ4n) is 1.82. The minimum atomic E-state index is -0.412. The van der Waals surface area contributed by atoms with E-state index in [0.717, 1.165) is 10.2 Å². The smallest absolute Gasteiger partial charge is 0.337 e. The number of nitrogens with one attached hydrogen (secondary N) is 1. The highest BCUT2D eigenvalue weighted by molar-refractivity contribution is 9.10. The van der Waals surface area contributed by atoms with E-state index in [-0.39, 0.29) is 0 Å². The van der Waals surface area contributed by atoms with E-state index in [1.165, 1.54) is 7.11 Å². The zero-order valence-electron chi connectivity index (χ0n) is 11.6. The number of carbonyl (C=O) groups is 1. The monoisotopic (exact) mass is 350 g/mol. The third-order valence-electron chi connectivity index (χ3n) is 2.86. The topological polar surface area (TPSA) is 73.6 Å². The maximum atomic E-state index is 11.6. The van der Waals surface area contributed by atoms with E-state index >= 15 is 0 Å². The Balaban J connectivity index is 2.34. The van der Waals surface area contributed by atoms with Gasteiger partial charge in [-0.05, 0) is 30.3 Å². The van der Waals surface area contributed by atoms with Crippen molar-refractivity contribution in [2.24, 2.45) is 0 Å². The van der Waals surface area contributed by atoms with E-state index in [4.69, 9.17) is 15.2 Å². The van der Waals surface area contributed by atoms with Gasteiger partial charge in [-0.15, -0.1) is 0 Å². The summed E-state index contributed by atoms with van der Waals surface area (Å²) < 4.78 is 10.8. The van der Waals surface area contributed by atoms with Crippen LogP contribution in [0.3, 0.4) is 0 Å². The Bertz CT molecular complexity index is 674. The normalized spacial score (nSPS) is 10.0. The number of rotatable bonds is 4. The van der Waals surface area contributed by atoms with Crippen molar-refractivity contribution >= 4 is 39.0 Å². The zero-order chi connectivity index (χ0) is 15.4. The van der Waals surface area contributed by atoms with Gasteiger partial charge in [0.1, 0.15) is 5.75 Å². The molecule has 0 aliphatic heterocycles. The Morgan fingerprint density at radius 3 is 2.62 bits per heavy atom. The van der Waals surface area contributed by atoms with Crippen molar-refractivity contribution in [1.82, 2.24) is 0 Å². The molecule has 110 valence electrons. The number of carbonyl (C=O) groups excluding carboxylic acids is 1. The minimum absolute atomic E-state index is 0.412. The largest absolute Gasteiger partial charge is 0.497 e. The van der Waals surface area contributed by atoms with Gasteiger partial charge in [0.2, 0.25) is 0 Å². The molecule has 0 heterocycles. The van der Waals surface area contributed by atoms with Crippen LogP contribution in [0.1, 0.15) is 10.4 Å². The Hall–Kier alpha value is -2.21. The fourth-order valence-corrected chi connectivity index (χ4v) is 2.29. The first kappa shape index (κ1) is 15.2. The van der Waals surface area contributed by atoms with Crippen molar-refractivity contribution in [3.63, 3.8) is 0 Å². The summed E-state index contributed by atoms with van der Waals surface area (Å²) in [4.78, 5) is 11.6. The molecule has 2 rings (SSSR count). The molecule has 0 aliphatic carbocycles. The molecule has 5 nitrogen and oxygen atoms in total. The maximum absolute atomic E-state index is 11.6. The summed E-state index contributed by atoms with van der Waals surface area (Å²) in [6.45, 7) is 0. The molecular weight excluding hydrogens is 336 g/mol. The van der Waals surface area contributed by atoms with E-state index < -0.39 is 5.97 Å². The van der Waals surface area contributed by atoms with Crippen molar-refractivity contribution < 1.29 is 14.3 Å². The van der Waals surface area contributed by atoms with Crippen LogP contribution in [0.4, 0.5) is 17.1 Å². The second-order valence-corrected chi connectivity index (χ2v) is 5.21. The van der Waals surface area contributed by atoms with Crippen molar-refractivity contribution in [1.29, 1.82) is 0 Å². The lowest BCUT2D eigenvalue weighted by Gasteiger charge is -2.12. The first-order chi connectivity index (χ1) is 10.0. The predicted octanol–water partition coefficient (Wildman–Crippen LogP) is 3.57. The number of anilines is 3. The molecule has 2 aromatic rings. The van der Waals surface area contributed by atoms with Gasteiger partial charge in [0, 0.05) is 16.2 Å². The third-order valence-corrected chi connectivity index (χ3v) is 3.32. The quantitative estimate of drug-likeness (QED) is 0.651. The van der Waals surface area contributed by atoms with E-state index in [2.05, 4.69) is 21.2 Å². The molecule has 0 fully saturated rings. The molecule has 6 heteroatoms. The molecule has 2 aromatic carbocycles. The molecule has 0 radical (unpaired) electrons. The molecular formula is C15H15BrN2O3. The second-order valence-electron chi connectivity index (χ2n) is 4.30. The molecule has 0 saturated carbocycles. The van der Waals surface area contributed by atoms with Crippen LogP contribution in [0, 0.1) is 0 Å². The SMILES string of the molecule is COC(=O)c1ccc(N)c(Nc2cc(Br)cc(OC)c2)c1. The van der Waals surface area contributed by atoms with Crippen LogP contribution < -0.4 is 15.8 Å². The van der Waals surface area contributed by atoms with Crippen LogP contribution in [-0.2, 0) is 4.74 Å². The predicted molar refractivity (Wildman–Crippen MR) is 86.2 cm³/mol. The molecule has 0 saturated heterocycles. The number of esters is 1. The summed E-state index contributed by atoms with van der Waals surface area (Å²) in [7, 11) is 2.93. The summed E-state index contributed by atoms with van der Waals surface area (Å²) in [5.74, 6) is 0.291. The summed E-state index contributed by atoms with van der Waals surface area (Å²) in [5, 5.41) is 3.16. The average Bonchev–Trinajstić information content (AvgIpc) is 2.48. The third kappa shape index (κ3) is 3.66. The fraction of sp³-hybridized carbons (Fsp3) is 0.133. The average molecular weight is 351 g/mol. The van der Waals surface area contributed by atoms with Crippen molar-refractivity contribution in [3.05, 3.63) is 46.4 Å². The van der Waals surface area contributed by atoms with Gasteiger partial charge in [0.15, 0.2) is 0 Å². The lowest BCUT2D eigenvalue weighted by Crippen LogP contribution is -2.04. The summed E-state index contributed by atoms with van der Waals surface area (Å²) in [6, 6.07) is 10.5. The summed E-state index contributed by atoms with van der Waals surface area (Å²) in [6.07, 6.45) is 0. The second kappa shape index (κ2) is 6.49. The highest BCUT2D eigenvalue weighted by atomic mass is 79.9. The molecule has 0 atom stereocenters. The number of nitrogens with two attached hydrogens (primary N) is 1. The first-order valence-corrected chi connectivity index (χ1v) is 6.92. The Morgan fingerprint density at radius 1 is 1.19 bits per heavy atom. The molecule has 0 aromatic heterocycles. The number of ether oxygens (including phenoxy) is 2. The number of hydrogen-bond donors (Lipinski definition) is 2. The Labute approximate surface area is 131 Å². The van der Waals surface area contributed by atoms with Gasteiger partial charge in [-0.1, -0.05) is 15.9 Å². The molecule has 0 amide bonds. The van der Waals surface area contributed by atoms with Crippen LogP contribution in [0.2, 0.25) is 0 Å². The van der Waals surface area contributed by atoms with Gasteiger partial charge in [-0.3, -0.25) is 0 Å². The Kier molecular flexibility index (Phi) is 4.70. The van der Waals surface area contributed by atoms with Crippen LogP contribution in [0.15, 0.2) is 40.9 Å². The number of benzene rings is 2. The molecule has 21 heavy (non-hydrogen) atoms. The van der Waals surface area contributed by atoms with Gasteiger partial charge in [0.05, 0.1) is 31.2 Å². The van der Waals surface area contributed by atoms with E-state index in [1.54, 1.807) is 25.3 Å². The number of halogens is 1. The lowest BCUT2D eigenvalue weighted by molar-refractivity contribution is 0.0601. The number of nitrogen functional groups attached to an aromatic ring is 1. The van der Waals surface area contributed by atoms with Crippen molar-refractivity contribution in [2.45, 2.75) is 0 Å². The molecule has 3 N–H and O–H groups in total. The van der Waals surface area contributed by atoms with E-state index in [0.29, 0.717) is 22.7 Å². The van der Waals surface area contributed by atoms with Gasteiger partial charge < -0.3 is 20.5 Å². The zero-order valence-corrected chi connectivity index (χ0v) is 13.2. The summed E-state index contributed by atoms with van der Waals surface area (Å²) >= 11 is 3.41. The van der Waals surface area contributed by atoms with Crippen LogP contribution in [0.25, 0.3) is 0 Å². The van der Waals surface area contributed by atoms with E-state index in [9.17, 15) is 4.79 Å². The number of hydrogen-bond acceptors (Lipinski definition) is 5. The van der Waals surface area contributed by atoms with Crippen LogP contribution >= 0.6 is 15.9 Å². The first-order valence-electron chi connectivity index (χ1n) is 6.13. The Morgan fingerprint density at radius 2 is 1.95 bits per heavy atom. The van der Waals surface area contributed by atoms with Crippen LogP contribution in [-0.4, -0.2) is 20.2 Å². The standard InChI is InChI=1S/C15H15BrN2O3/c1-20-12-7-10(16)6-11(8-12)18-14-5-9(15(19)21-2)3-4-13(14)17/h3-8,18H,17H2,1-2H3. The number of methoxy groups -OCH3 is 2. The highest BCUT2D eigenvalue weighted by Gasteiger charge is 2.09. The summed E-state index contributed by atoms with van der Waals surface area (Å²) in [5.41, 5.74) is 8.30. The van der Waals surface area contributed by atoms with Crippen molar-refractivity contribution in [3.8, 4) is 5.75 Å².